The van der Waals surface area contributed by atoms with Gasteiger partial charge in [-0.15, -0.1) is 0 Å². The summed E-state index contributed by atoms with van der Waals surface area (Å²) in [6.07, 6.45) is -0.649. The number of anilines is 1. The molecule has 1 aromatic rings. The normalized spacial score (nSPS) is 18.7. The number of carboxylic acids is 1. The summed E-state index contributed by atoms with van der Waals surface area (Å²) in [4.78, 5) is 26.7. The fourth-order valence-corrected chi connectivity index (χ4v) is 2.44. The Morgan fingerprint density at radius 3 is 2.57 bits per heavy atom. The highest BCUT2D eigenvalue weighted by molar-refractivity contribution is 5.81. The van der Waals surface area contributed by atoms with Crippen LogP contribution in [-0.4, -0.2) is 53.3 Å². The van der Waals surface area contributed by atoms with Crippen LogP contribution in [0.4, 0.5) is 14.9 Å². The van der Waals surface area contributed by atoms with E-state index in [1.807, 2.05) is 0 Å². The number of ether oxygens (including phenoxy) is 1. The van der Waals surface area contributed by atoms with Crippen LogP contribution in [0.25, 0.3) is 0 Å². The minimum atomic E-state index is -1.11. The largest absolute Gasteiger partial charge is 0.480 e. The maximum absolute atomic E-state index is 13.3. The standard InChI is InChI=1S/C16H21FN2O4/c1-16(2,3)23-15(22)19-8-7-18(10-13(19)14(20)21)12-6-4-5-11(17)9-12/h4-6,9,13H,7-8,10H2,1-3H3,(H,20,21)/t13-/m1/s1. The van der Waals surface area contributed by atoms with Crippen molar-refractivity contribution in [2.45, 2.75) is 32.4 Å². The Morgan fingerprint density at radius 2 is 2.00 bits per heavy atom. The van der Waals surface area contributed by atoms with Gasteiger partial charge in [-0.05, 0) is 39.0 Å². The molecule has 1 amide bonds. The lowest BCUT2D eigenvalue weighted by molar-refractivity contribution is -0.143. The summed E-state index contributed by atoms with van der Waals surface area (Å²) in [5.74, 6) is -1.50. The van der Waals surface area contributed by atoms with Gasteiger partial charge < -0.3 is 14.7 Å². The molecule has 1 aliphatic rings. The maximum Gasteiger partial charge on any atom is 0.411 e. The quantitative estimate of drug-likeness (QED) is 0.904. The highest BCUT2D eigenvalue weighted by atomic mass is 19.1. The van der Waals surface area contributed by atoms with Gasteiger partial charge in [0.2, 0.25) is 0 Å². The number of aliphatic carboxylic acids is 1. The highest BCUT2D eigenvalue weighted by Crippen LogP contribution is 2.22. The number of piperazine rings is 1. The first-order valence-corrected chi connectivity index (χ1v) is 7.40. The van der Waals surface area contributed by atoms with Crippen molar-refractivity contribution >= 4 is 17.7 Å². The summed E-state index contributed by atoms with van der Waals surface area (Å²) in [5, 5.41) is 9.42. The second kappa shape index (κ2) is 6.44. The number of amides is 1. The third-order valence-corrected chi connectivity index (χ3v) is 3.47. The van der Waals surface area contributed by atoms with Crippen LogP contribution >= 0.6 is 0 Å². The van der Waals surface area contributed by atoms with E-state index in [0.717, 1.165) is 0 Å². The van der Waals surface area contributed by atoms with Gasteiger partial charge >= 0.3 is 12.1 Å². The molecule has 1 atom stereocenters. The SMILES string of the molecule is CC(C)(C)OC(=O)N1CCN(c2cccc(F)c2)C[C@@H]1C(=O)O. The van der Waals surface area contributed by atoms with Crippen LogP contribution in [0.3, 0.4) is 0 Å². The van der Waals surface area contributed by atoms with Crippen LogP contribution in [0.5, 0.6) is 0 Å². The molecular weight excluding hydrogens is 303 g/mol. The van der Waals surface area contributed by atoms with Gasteiger partial charge in [-0.1, -0.05) is 6.07 Å². The number of benzene rings is 1. The Kier molecular flexibility index (Phi) is 4.77. The summed E-state index contributed by atoms with van der Waals surface area (Å²) in [5.41, 5.74) is -0.0973. The third kappa shape index (κ3) is 4.34. The first-order chi connectivity index (χ1) is 10.7. The lowest BCUT2D eigenvalue weighted by Gasteiger charge is -2.40. The van der Waals surface area contributed by atoms with Crippen molar-refractivity contribution in [2.75, 3.05) is 24.5 Å². The summed E-state index contributed by atoms with van der Waals surface area (Å²) in [6.45, 7) is 5.86. The fraction of sp³-hybridized carbons (Fsp3) is 0.500. The number of carboxylic acid groups (broad SMARTS) is 1. The summed E-state index contributed by atoms with van der Waals surface area (Å²) >= 11 is 0. The van der Waals surface area contributed by atoms with Crippen molar-refractivity contribution in [3.63, 3.8) is 0 Å². The topological polar surface area (TPSA) is 70.1 Å². The van der Waals surface area contributed by atoms with Crippen molar-refractivity contribution < 1.29 is 23.8 Å². The van der Waals surface area contributed by atoms with Crippen molar-refractivity contribution in [1.82, 2.24) is 4.90 Å². The average molecular weight is 324 g/mol. The molecule has 1 heterocycles. The minimum Gasteiger partial charge on any atom is -0.480 e. The van der Waals surface area contributed by atoms with Gasteiger partial charge in [0.1, 0.15) is 17.5 Å². The van der Waals surface area contributed by atoms with E-state index in [0.29, 0.717) is 12.2 Å². The van der Waals surface area contributed by atoms with Gasteiger partial charge in [0.05, 0.1) is 0 Å². The van der Waals surface area contributed by atoms with Gasteiger partial charge in [-0.25, -0.2) is 14.0 Å². The summed E-state index contributed by atoms with van der Waals surface area (Å²) < 4.78 is 18.6. The van der Waals surface area contributed by atoms with E-state index in [2.05, 4.69) is 0 Å². The smallest absolute Gasteiger partial charge is 0.411 e. The summed E-state index contributed by atoms with van der Waals surface area (Å²) in [7, 11) is 0. The Bertz CT molecular complexity index is 600. The Morgan fingerprint density at radius 1 is 1.30 bits per heavy atom. The van der Waals surface area contributed by atoms with Crippen molar-refractivity contribution in [3.05, 3.63) is 30.1 Å². The van der Waals surface area contributed by atoms with E-state index in [4.69, 9.17) is 4.74 Å². The molecule has 1 aromatic carbocycles. The second-order valence-electron chi connectivity index (χ2n) is 6.45. The molecule has 0 aromatic heterocycles. The molecule has 2 rings (SSSR count). The van der Waals surface area contributed by atoms with E-state index < -0.39 is 23.7 Å². The molecule has 7 heteroatoms. The number of halogens is 1. The van der Waals surface area contributed by atoms with Crippen molar-refractivity contribution in [1.29, 1.82) is 0 Å². The minimum absolute atomic E-state index is 0.0814. The number of hydrogen-bond acceptors (Lipinski definition) is 4. The number of hydrogen-bond donors (Lipinski definition) is 1. The molecule has 0 saturated carbocycles. The van der Waals surface area contributed by atoms with Gasteiger partial charge in [0.15, 0.2) is 0 Å². The Balaban J connectivity index is 2.15. The molecular formula is C16H21FN2O4. The van der Waals surface area contributed by atoms with E-state index in [1.54, 1.807) is 37.8 Å². The van der Waals surface area contributed by atoms with E-state index >= 15 is 0 Å². The first-order valence-electron chi connectivity index (χ1n) is 7.40. The van der Waals surface area contributed by atoms with Crippen LogP contribution in [-0.2, 0) is 9.53 Å². The van der Waals surface area contributed by atoms with Crippen LogP contribution in [0, 0.1) is 5.82 Å². The summed E-state index contributed by atoms with van der Waals surface area (Å²) in [6, 6.07) is 4.92. The van der Waals surface area contributed by atoms with E-state index in [1.165, 1.54) is 17.0 Å². The molecule has 23 heavy (non-hydrogen) atoms. The molecule has 1 fully saturated rings. The third-order valence-electron chi connectivity index (χ3n) is 3.47. The number of nitrogens with zero attached hydrogens (tertiary/aromatic N) is 2. The predicted octanol–water partition coefficient (Wildman–Crippen LogP) is 2.34. The number of rotatable bonds is 2. The fourth-order valence-electron chi connectivity index (χ4n) is 2.44. The van der Waals surface area contributed by atoms with Gasteiger partial charge in [0.25, 0.3) is 0 Å². The molecule has 0 aliphatic carbocycles. The molecule has 0 bridgehead atoms. The zero-order valence-corrected chi connectivity index (χ0v) is 13.5. The van der Waals surface area contributed by atoms with Gasteiger partial charge in [-0.2, -0.15) is 0 Å². The molecule has 1 saturated heterocycles. The van der Waals surface area contributed by atoms with E-state index in [-0.39, 0.29) is 18.9 Å². The van der Waals surface area contributed by atoms with Crippen molar-refractivity contribution in [2.24, 2.45) is 0 Å². The zero-order valence-electron chi connectivity index (χ0n) is 13.5. The van der Waals surface area contributed by atoms with Crippen LogP contribution in [0.2, 0.25) is 0 Å². The van der Waals surface area contributed by atoms with E-state index in [9.17, 15) is 19.1 Å². The molecule has 0 radical (unpaired) electrons. The zero-order chi connectivity index (χ0) is 17.2. The van der Waals surface area contributed by atoms with Crippen molar-refractivity contribution in [3.8, 4) is 0 Å². The average Bonchev–Trinajstić information content (AvgIpc) is 2.44. The molecule has 6 nitrogen and oxygen atoms in total. The first kappa shape index (κ1) is 17.1. The number of carbonyl (C=O) groups excluding carboxylic acids is 1. The molecule has 126 valence electrons. The maximum atomic E-state index is 13.3. The van der Waals surface area contributed by atoms with Gasteiger partial charge in [-0.3, -0.25) is 4.90 Å². The monoisotopic (exact) mass is 324 g/mol. The predicted molar refractivity (Wildman–Crippen MR) is 83.0 cm³/mol. The number of carbonyl (C=O) groups is 2. The van der Waals surface area contributed by atoms with Gasteiger partial charge in [0, 0.05) is 25.3 Å². The lowest BCUT2D eigenvalue weighted by atomic mass is 10.1. The highest BCUT2D eigenvalue weighted by Gasteiger charge is 2.37. The molecule has 0 unspecified atom stereocenters. The Labute approximate surface area is 134 Å². The van der Waals surface area contributed by atoms with Crippen LogP contribution in [0.1, 0.15) is 20.8 Å². The molecule has 0 spiro atoms. The van der Waals surface area contributed by atoms with Crippen LogP contribution < -0.4 is 4.90 Å². The molecule has 1 aliphatic heterocycles. The van der Waals surface area contributed by atoms with Crippen LogP contribution in [0.15, 0.2) is 24.3 Å². The second-order valence-corrected chi connectivity index (χ2v) is 6.45. The lowest BCUT2D eigenvalue weighted by Crippen LogP contribution is -2.59. The molecule has 1 N–H and O–H groups in total. The Hall–Kier alpha value is -2.31.